The zero-order valence-corrected chi connectivity index (χ0v) is 14.1. The molecular weight excluding hydrogens is 272 g/mol. The lowest BCUT2D eigenvalue weighted by atomic mass is 10.1. The molecular formula is C20H32O2. The molecule has 2 heteroatoms. The van der Waals surface area contributed by atoms with Crippen molar-refractivity contribution in [3.8, 4) is 0 Å². The number of unbranched alkanes of at least 4 members (excludes halogenated alkanes) is 9. The number of carbonyl (C=O) groups is 1. The van der Waals surface area contributed by atoms with Gasteiger partial charge >= 0.3 is 5.97 Å². The van der Waals surface area contributed by atoms with Gasteiger partial charge in [-0.2, -0.15) is 0 Å². The molecule has 0 saturated carbocycles. The van der Waals surface area contributed by atoms with Gasteiger partial charge in [-0.15, -0.1) is 0 Å². The minimum atomic E-state index is -0.404. The smallest absolute Gasteiger partial charge is 0.335 e. The van der Waals surface area contributed by atoms with Crippen LogP contribution in [0.5, 0.6) is 0 Å². The van der Waals surface area contributed by atoms with Gasteiger partial charge in [0.25, 0.3) is 0 Å². The van der Waals surface area contributed by atoms with Crippen LogP contribution in [0.4, 0.5) is 0 Å². The third kappa shape index (κ3) is 16.5. The number of ether oxygens (including phenoxy) is 1. The summed E-state index contributed by atoms with van der Waals surface area (Å²) in [6, 6.07) is 0. The van der Waals surface area contributed by atoms with Crippen LogP contribution >= 0.6 is 0 Å². The zero-order chi connectivity index (χ0) is 16.3. The molecule has 0 aliphatic carbocycles. The quantitative estimate of drug-likeness (QED) is 0.124. The molecule has 0 bridgehead atoms. The van der Waals surface area contributed by atoms with Gasteiger partial charge in [0.2, 0.25) is 0 Å². The van der Waals surface area contributed by atoms with E-state index in [9.17, 15) is 4.79 Å². The van der Waals surface area contributed by atoms with Crippen molar-refractivity contribution in [2.24, 2.45) is 0 Å². The van der Waals surface area contributed by atoms with Gasteiger partial charge < -0.3 is 4.74 Å². The van der Waals surface area contributed by atoms with Crippen molar-refractivity contribution in [2.75, 3.05) is 0 Å². The van der Waals surface area contributed by atoms with Crippen molar-refractivity contribution in [1.29, 1.82) is 0 Å². The van der Waals surface area contributed by atoms with Gasteiger partial charge in [-0.25, -0.2) is 4.79 Å². The Hall–Kier alpha value is -1.57. The van der Waals surface area contributed by atoms with E-state index in [0.29, 0.717) is 0 Å². The molecule has 0 saturated heterocycles. The van der Waals surface area contributed by atoms with E-state index >= 15 is 0 Å². The van der Waals surface area contributed by atoms with Crippen LogP contribution in [0.25, 0.3) is 0 Å². The highest BCUT2D eigenvalue weighted by molar-refractivity contribution is 5.82. The Bertz CT molecular complexity index is 351. The lowest BCUT2D eigenvalue weighted by Crippen LogP contribution is -1.91. The Morgan fingerprint density at radius 3 is 2.09 bits per heavy atom. The third-order valence-corrected chi connectivity index (χ3v) is 3.38. The van der Waals surface area contributed by atoms with Crippen LogP contribution in [0.1, 0.15) is 71.1 Å². The fourth-order valence-electron chi connectivity index (χ4n) is 2.13. The highest BCUT2D eigenvalue weighted by Gasteiger charge is 1.91. The first-order valence-corrected chi connectivity index (χ1v) is 8.62. The van der Waals surface area contributed by atoms with Gasteiger partial charge in [-0.05, 0) is 12.8 Å². The highest BCUT2D eigenvalue weighted by Crippen LogP contribution is 2.10. The molecule has 0 amide bonds. The largest absolute Gasteiger partial charge is 0.432 e. The highest BCUT2D eigenvalue weighted by atomic mass is 16.5. The topological polar surface area (TPSA) is 26.3 Å². The van der Waals surface area contributed by atoms with E-state index in [1.807, 2.05) is 18.2 Å². The van der Waals surface area contributed by atoms with E-state index < -0.39 is 5.97 Å². The minimum Gasteiger partial charge on any atom is -0.432 e. The Kier molecular flexibility index (Phi) is 16.2. The lowest BCUT2D eigenvalue weighted by molar-refractivity contribution is -0.132. The van der Waals surface area contributed by atoms with Gasteiger partial charge in [0.05, 0.1) is 6.26 Å². The Morgan fingerprint density at radius 1 is 0.864 bits per heavy atom. The first-order chi connectivity index (χ1) is 10.8. The van der Waals surface area contributed by atoms with Crippen molar-refractivity contribution in [3.05, 3.63) is 49.3 Å². The van der Waals surface area contributed by atoms with E-state index in [2.05, 4.69) is 24.3 Å². The Morgan fingerprint density at radius 2 is 1.45 bits per heavy atom. The fourth-order valence-corrected chi connectivity index (χ4v) is 2.13. The summed E-state index contributed by atoms with van der Waals surface area (Å²) < 4.78 is 4.55. The van der Waals surface area contributed by atoms with E-state index in [1.54, 1.807) is 6.08 Å². The second-order valence-electron chi connectivity index (χ2n) is 5.39. The number of carbonyl (C=O) groups excluding carboxylic acids is 1. The van der Waals surface area contributed by atoms with E-state index in [0.717, 1.165) is 12.7 Å². The van der Waals surface area contributed by atoms with Crippen molar-refractivity contribution in [1.82, 2.24) is 0 Å². The number of hydrogen-bond donors (Lipinski definition) is 0. The molecule has 22 heavy (non-hydrogen) atoms. The summed E-state index contributed by atoms with van der Waals surface area (Å²) in [6.07, 6.45) is 25.5. The summed E-state index contributed by atoms with van der Waals surface area (Å²) in [5, 5.41) is 0. The second-order valence-corrected chi connectivity index (χ2v) is 5.39. The summed E-state index contributed by atoms with van der Waals surface area (Å²) in [5.74, 6) is -0.404. The third-order valence-electron chi connectivity index (χ3n) is 3.38. The predicted octanol–water partition coefficient (Wildman–Crippen LogP) is 6.26. The zero-order valence-electron chi connectivity index (χ0n) is 14.1. The SMILES string of the molecule is C=COC(=O)C=CC=CC=CCCCCCCCCCCC. The van der Waals surface area contributed by atoms with Crippen LogP contribution in [0.3, 0.4) is 0 Å². The van der Waals surface area contributed by atoms with Crippen molar-refractivity contribution in [3.63, 3.8) is 0 Å². The molecule has 0 heterocycles. The predicted molar refractivity (Wildman–Crippen MR) is 95.6 cm³/mol. The molecule has 0 N–H and O–H groups in total. The van der Waals surface area contributed by atoms with Crippen LogP contribution in [-0.4, -0.2) is 5.97 Å². The molecule has 0 spiro atoms. The molecule has 0 aliphatic rings. The van der Waals surface area contributed by atoms with Gasteiger partial charge in [0.15, 0.2) is 0 Å². The molecule has 0 rings (SSSR count). The normalized spacial score (nSPS) is 11.7. The van der Waals surface area contributed by atoms with Crippen molar-refractivity contribution in [2.45, 2.75) is 71.1 Å². The van der Waals surface area contributed by atoms with Crippen molar-refractivity contribution < 1.29 is 9.53 Å². The van der Waals surface area contributed by atoms with Gasteiger partial charge in [0, 0.05) is 6.08 Å². The Labute approximate surface area is 136 Å². The monoisotopic (exact) mass is 304 g/mol. The van der Waals surface area contributed by atoms with Crippen molar-refractivity contribution >= 4 is 5.97 Å². The summed E-state index contributed by atoms with van der Waals surface area (Å²) in [6.45, 7) is 5.58. The maximum Gasteiger partial charge on any atom is 0.335 e. The van der Waals surface area contributed by atoms with Gasteiger partial charge in [-0.1, -0.05) is 95.2 Å². The summed E-state index contributed by atoms with van der Waals surface area (Å²) >= 11 is 0. The molecule has 0 aromatic carbocycles. The molecule has 0 aromatic heterocycles. The van der Waals surface area contributed by atoms with Gasteiger partial charge in [0.1, 0.15) is 0 Å². The Balaban J connectivity index is 3.37. The summed E-state index contributed by atoms with van der Waals surface area (Å²) in [4.78, 5) is 10.9. The second kappa shape index (κ2) is 17.5. The van der Waals surface area contributed by atoms with Crippen LogP contribution in [0.15, 0.2) is 49.3 Å². The van der Waals surface area contributed by atoms with E-state index in [-0.39, 0.29) is 0 Å². The number of hydrogen-bond acceptors (Lipinski definition) is 2. The minimum absolute atomic E-state index is 0.404. The standard InChI is InChI=1S/C20H32O2/c1-3-5-6-7-8-9-10-11-12-13-14-15-16-17-18-19-20(21)22-4-2/h4,14-19H,2-3,5-13H2,1H3. The van der Waals surface area contributed by atoms with Crippen LogP contribution in [0, 0.1) is 0 Å². The molecule has 124 valence electrons. The molecule has 2 nitrogen and oxygen atoms in total. The molecule has 0 aliphatic heterocycles. The molecule has 0 fully saturated rings. The molecule has 0 atom stereocenters. The van der Waals surface area contributed by atoms with Gasteiger partial charge in [-0.3, -0.25) is 0 Å². The molecule has 0 radical (unpaired) electrons. The van der Waals surface area contributed by atoms with E-state index in [4.69, 9.17) is 0 Å². The van der Waals surface area contributed by atoms with Crippen LogP contribution in [0.2, 0.25) is 0 Å². The maximum atomic E-state index is 10.9. The molecule has 0 unspecified atom stereocenters. The number of rotatable bonds is 14. The maximum absolute atomic E-state index is 10.9. The molecule has 0 aromatic rings. The fraction of sp³-hybridized carbons (Fsp3) is 0.550. The summed E-state index contributed by atoms with van der Waals surface area (Å²) in [7, 11) is 0. The average Bonchev–Trinajstić information content (AvgIpc) is 2.51. The van der Waals surface area contributed by atoms with Crippen LogP contribution in [-0.2, 0) is 9.53 Å². The average molecular weight is 304 g/mol. The van der Waals surface area contributed by atoms with E-state index in [1.165, 1.54) is 63.9 Å². The first-order valence-electron chi connectivity index (χ1n) is 8.62. The number of allylic oxidation sites excluding steroid dienone is 5. The number of esters is 1. The van der Waals surface area contributed by atoms with Crippen LogP contribution < -0.4 is 0 Å². The first kappa shape index (κ1) is 20.4. The summed E-state index contributed by atoms with van der Waals surface area (Å²) in [5.41, 5.74) is 0. The lowest BCUT2D eigenvalue weighted by Gasteiger charge is -2.00.